The summed E-state index contributed by atoms with van der Waals surface area (Å²) in [5.74, 6) is 0.573. The van der Waals surface area contributed by atoms with Crippen LogP contribution in [0.5, 0.6) is 0 Å². The number of nitrogens with one attached hydrogen (secondary N) is 1. The van der Waals surface area contributed by atoms with Crippen LogP contribution in [-0.4, -0.2) is 29.6 Å². The first kappa shape index (κ1) is 8.99. The van der Waals surface area contributed by atoms with Crippen LogP contribution in [0.15, 0.2) is 11.4 Å². The number of carbonyl (C=O) groups is 1. The van der Waals surface area contributed by atoms with E-state index in [0.717, 1.165) is 6.29 Å². The maximum absolute atomic E-state index is 10.5. The Bertz CT molecular complexity index is 290. The predicted octanol–water partition coefficient (Wildman–Crippen LogP) is 1.05. The van der Waals surface area contributed by atoms with E-state index in [1.54, 1.807) is 7.05 Å². The summed E-state index contributed by atoms with van der Waals surface area (Å²) < 4.78 is 0. The smallest absolute Gasteiger partial charge is 0.189 e. The molecule has 0 bridgehead atoms. The fourth-order valence-corrected chi connectivity index (χ4v) is 1.10. The molecular formula is C7H9N3OS. The lowest BCUT2D eigenvalue weighted by Crippen LogP contribution is -2.00. The van der Waals surface area contributed by atoms with Gasteiger partial charge in [0.05, 0.1) is 5.56 Å². The van der Waals surface area contributed by atoms with Crippen molar-refractivity contribution in [2.75, 3.05) is 18.6 Å². The van der Waals surface area contributed by atoms with E-state index >= 15 is 0 Å². The number of anilines is 1. The highest BCUT2D eigenvalue weighted by Gasteiger charge is 2.02. The zero-order chi connectivity index (χ0) is 8.97. The average molecular weight is 183 g/mol. The Balaban J connectivity index is 3.10. The number of hydrogen-bond acceptors (Lipinski definition) is 5. The summed E-state index contributed by atoms with van der Waals surface area (Å²) in [5.41, 5.74) is 0.482. The second-order valence-electron chi connectivity index (χ2n) is 2.03. The molecule has 1 heterocycles. The summed E-state index contributed by atoms with van der Waals surface area (Å²) in [5, 5.41) is 3.48. The summed E-state index contributed by atoms with van der Waals surface area (Å²) in [4.78, 5) is 18.5. The maximum atomic E-state index is 10.5. The maximum Gasteiger partial charge on any atom is 0.189 e. The number of rotatable bonds is 3. The molecule has 0 spiro atoms. The van der Waals surface area contributed by atoms with Gasteiger partial charge in [0.2, 0.25) is 0 Å². The zero-order valence-electron chi connectivity index (χ0n) is 6.87. The first-order valence-electron chi connectivity index (χ1n) is 3.35. The van der Waals surface area contributed by atoms with Gasteiger partial charge in [0.15, 0.2) is 11.4 Å². The van der Waals surface area contributed by atoms with Gasteiger partial charge in [-0.15, -0.1) is 0 Å². The number of nitrogens with zero attached hydrogens (tertiary/aromatic N) is 2. The zero-order valence-corrected chi connectivity index (χ0v) is 7.68. The number of aldehydes is 1. The Morgan fingerprint density at radius 1 is 1.67 bits per heavy atom. The molecule has 1 aromatic rings. The van der Waals surface area contributed by atoms with Gasteiger partial charge < -0.3 is 5.32 Å². The SMILES string of the molecule is CNc1nc(SC)ncc1C=O. The van der Waals surface area contributed by atoms with Gasteiger partial charge in [0, 0.05) is 13.2 Å². The molecule has 0 saturated carbocycles. The molecule has 0 radical (unpaired) electrons. The van der Waals surface area contributed by atoms with Crippen LogP contribution in [0.1, 0.15) is 10.4 Å². The average Bonchev–Trinajstić information content (AvgIpc) is 2.16. The third kappa shape index (κ3) is 1.73. The fraction of sp³-hybridized carbons (Fsp3) is 0.286. The van der Waals surface area contributed by atoms with Crippen LogP contribution in [-0.2, 0) is 0 Å². The fourth-order valence-electron chi connectivity index (χ4n) is 0.760. The largest absolute Gasteiger partial charge is 0.372 e. The van der Waals surface area contributed by atoms with Gasteiger partial charge in [-0.2, -0.15) is 0 Å². The van der Waals surface area contributed by atoms with Gasteiger partial charge in [-0.1, -0.05) is 11.8 Å². The van der Waals surface area contributed by atoms with Crippen molar-refractivity contribution in [3.63, 3.8) is 0 Å². The van der Waals surface area contributed by atoms with E-state index in [2.05, 4.69) is 15.3 Å². The van der Waals surface area contributed by atoms with Crippen LogP contribution in [0.4, 0.5) is 5.82 Å². The molecule has 1 N–H and O–H groups in total. The first-order valence-corrected chi connectivity index (χ1v) is 4.58. The molecule has 0 saturated heterocycles. The minimum absolute atomic E-state index is 0.482. The molecule has 4 nitrogen and oxygen atoms in total. The monoisotopic (exact) mass is 183 g/mol. The Morgan fingerprint density at radius 3 is 2.92 bits per heavy atom. The van der Waals surface area contributed by atoms with Crippen LogP contribution in [0.25, 0.3) is 0 Å². The highest BCUT2D eigenvalue weighted by atomic mass is 32.2. The minimum Gasteiger partial charge on any atom is -0.372 e. The van der Waals surface area contributed by atoms with Gasteiger partial charge >= 0.3 is 0 Å². The molecule has 64 valence electrons. The van der Waals surface area contributed by atoms with E-state index in [0.29, 0.717) is 16.5 Å². The number of hydrogen-bond donors (Lipinski definition) is 1. The van der Waals surface area contributed by atoms with Gasteiger partial charge in [-0.25, -0.2) is 9.97 Å². The van der Waals surface area contributed by atoms with Crippen molar-refractivity contribution in [3.8, 4) is 0 Å². The molecule has 0 atom stereocenters. The quantitative estimate of drug-likeness (QED) is 0.431. The van der Waals surface area contributed by atoms with E-state index < -0.39 is 0 Å². The molecule has 0 aliphatic rings. The van der Waals surface area contributed by atoms with Crippen LogP contribution in [0, 0.1) is 0 Å². The number of carbonyl (C=O) groups excluding carboxylic acids is 1. The molecule has 12 heavy (non-hydrogen) atoms. The van der Waals surface area contributed by atoms with Crippen molar-refractivity contribution in [1.82, 2.24) is 9.97 Å². The Kier molecular flexibility index (Phi) is 3.04. The summed E-state index contributed by atoms with van der Waals surface area (Å²) in [7, 11) is 1.72. The van der Waals surface area contributed by atoms with Crippen molar-refractivity contribution >= 4 is 23.9 Å². The second-order valence-corrected chi connectivity index (χ2v) is 2.80. The molecular weight excluding hydrogens is 174 g/mol. The summed E-state index contributed by atoms with van der Waals surface area (Å²) in [6.07, 6.45) is 4.13. The van der Waals surface area contributed by atoms with E-state index in [-0.39, 0.29) is 0 Å². The normalized spacial score (nSPS) is 9.50. The lowest BCUT2D eigenvalue weighted by molar-refractivity contribution is 0.112. The van der Waals surface area contributed by atoms with E-state index in [4.69, 9.17) is 0 Å². The van der Waals surface area contributed by atoms with E-state index in [1.165, 1.54) is 18.0 Å². The number of aromatic nitrogens is 2. The molecule has 0 aliphatic carbocycles. The molecule has 1 rings (SSSR count). The van der Waals surface area contributed by atoms with Crippen molar-refractivity contribution in [2.45, 2.75) is 5.16 Å². The van der Waals surface area contributed by atoms with E-state index in [9.17, 15) is 4.79 Å². The molecule has 1 aromatic heterocycles. The lowest BCUT2D eigenvalue weighted by atomic mass is 10.3. The third-order valence-electron chi connectivity index (χ3n) is 1.34. The van der Waals surface area contributed by atoms with Crippen molar-refractivity contribution in [1.29, 1.82) is 0 Å². The van der Waals surface area contributed by atoms with Crippen LogP contribution in [0.3, 0.4) is 0 Å². The summed E-state index contributed by atoms with van der Waals surface area (Å²) in [6, 6.07) is 0. The third-order valence-corrected chi connectivity index (χ3v) is 1.90. The van der Waals surface area contributed by atoms with Gasteiger partial charge in [0.25, 0.3) is 0 Å². The second kappa shape index (κ2) is 4.06. The topological polar surface area (TPSA) is 54.9 Å². The highest BCUT2D eigenvalue weighted by Crippen LogP contribution is 2.13. The predicted molar refractivity (Wildman–Crippen MR) is 48.7 cm³/mol. The van der Waals surface area contributed by atoms with Crippen molar-refractivity contribution in [3.05, 3.63) is 11.8 Å². The van der Waals surface area contributed by atoms with Crippen LogP contribution < -0.4 is 5.32 Å². The first-order chi connectivity index (χ1) is 5.81. The number of thioether (sulfide) groups is 1. The van der Waals surface area contributed by atoms with E-state index in [1.807, 2.05) is 6.26 Å². The standard InChI is InChI=1S/C7H9N3OS/c1-8-6-5(4-11)3-9-7(10-6)12-2/h3-4H,1-2H3,(H,8,9,10). The minimum atomic E-state index is 0.482. The lowest BCUT2D eigenvalue weighted by Gasteiger charge is -2.02. The van der Waals surface area contributed by atoms with Gasteiger partial charge in [-0.05, 0) is 6.26 Å². The summed E-state index contributed by atoms with van der Waals surface area (Å²) in [6.45, 7) is 0. The Hall–Kier alpha value is -1.10. The molecule has 5 heteroatoms. The molecule has 0 amide bonds. The van der Waals surface area contributed by atoms with Crippen LogP contribution in [0.2, 0.25) is 0 Å². The molecule has 0 unspecified atom stereocenters. The van der Waals surface area contributed by atoms with Crippen molar-refractivity contribution in [2.24, 2.45) is 0 Å². The highest BCUT2D eigenvalue weighted by molar-refractivity contribution is 7.98. The van der Waals surface area contributed by atoms with Crippen LogP contribution >= 0.6 is 11.8 Å². The Labute approximate surface area is 74.8 Å². The van der Waals surface area contributed by atoms with Gasteiger partial charge in [-0.3, -0.25) is 4.79 Å². The van der Waals surface area contributed by atoms with Gasteiger partial charge in [0.1, 0.15) is 5.82 Å². The van der Waals surface area contributed by atoms with Crippen molar-refractivity contribution < 1.29 is 4.79 Å². The molecule has 0 aromatic carbocycles. The molecule has 0 aliphatic heterocycles. The Morgan fingerprint density at radius 2 is 2.42 bits per heavy atom. The molecule has 0 fully saturated rings. The summed E-state index contributed by atoms with van der Waals surface area (Å²) >= 11 is 1.44.